The van der Waals surface area contributed by atoms with Gasteiger partial charge in [0, 0.05) is 17.2 Å². The van der Waals surface area contributed by atoms with Crippen LogP contribution >= 0.6 is 0 Å². The van der Waals surface area contributed by atoms with Gasteiger partial charge in [0.2, 0.25) is 5.16 Å². The highest BCUT2D eigenvalue weighted by atomic mass is 32.2. The van der Waals surface area contributed by atoms with Crippen molar-refractivity contribution in [1.82, 2.24) is 19.7 Å². The molecular weight excluding hydrogens is 348 g/mol. The Labute approximate surface area is 152 Å². The van der Waals surface area contributed by atoms with Gasteiger partial charge in [-0.25, -0.2) is 0 Å². The van der Waals surface area contributed by atoms with Crippen LogP contribution in [0, 0.1) is 0 Å². The van der Waals surface area contributed by atoms with E-state index in [4.69, 9.17) is 0 Å². The summed E-state index contributed by atoms with van der Waals surface area (Å²) in [5.74, 6) is -0.0900. The molecule has 2 aromatic heterocycles. The van der Waals surface area contributed by atoms with E-state index in [0.29, 0.717) is 10.7 Å². The van der Waals surface area contributed by atoms with Crippen molar-refractivity contribution in [2.75, 3.05) is 6.26 Å². The predicted molar refractivity (Wildman–Crippen MR) is 100 cm³/mol. The van der Waals surface area contributed by atoms with Crippen LogP contribution in [0.4, 0.5) is 0 Å². The van der Waals surface area contributed by atoms with Gasteiger partial charge in [0.15, 0.2) is 5.78 Å². The number of Topliss-reactive ketones (excluding diaryl/α,β-unsaturated/α-hetero) is 1. The van der Waals surface area contributed by atoms with Crippen molar-refractivity contribution < 1.29 is 9.00 Å². The van der Waals surface area contributed by atoms with Gasteiger partial charge >= 0.3 is 0 Å². The summed E-state index contributed by atoms with van der Waals surface area (Å²) in [6, 6.07) is 17.5. The summed E-state index contributed by atoms with van der Waals surface area (Å²) >= 11 is 0. The minimum absolute atomic E-state index is 0.0313. The molecule has 4 rings (SSSR count). The van der Waals surface area contributed by atoms with Crippen molar-refractivity contribution in [1.29, 1.82) is 0 Å². The van der Waals surface area contributed by atoms with Crippen LogP contribution in [0.2, 0.25) is 0 Å². The van der Waals surface area contributed by atoms with Gasteiger partial charge < -0.3 is 4.98 Å². The van der Waals surface area contributed by atoms with E-state index >= 15 is 0 Å². The van der Waals surface area contributed by atoms with Crippen LogP contribution in [0.5, 0.6) is 0 Å². The molecular formula is C19H16N4O2S. The molecule has 26 heavy (non-hydrogen) atoms. The van der Waals surface area contributed by atoms with E-state index in [1.165, 1.54) is 17.2 Å². The van der Waals surface area contributed by atoms with Gasteiger partial charge in [0.05, 0.1) is 28.6 Å². The van der Waals surface area contributed by atoms with Gasteiger partial charge in [-0.2, -0.15) is 0 Å². The van der Waals surface area contributed by atoms with E-state index < -0.39 is 10.8 Å². The molecule has 2 heterocycles. The highest BCUT2D eigenvalue weighted by Gasteiger charge is 2.21. The van der Waals surface area contributed by atoms with Crippen LogP contribution in [0.15, 0.2) is 66.1 Å². The Bertz CT molecular complexity index is 1110. The Balaban J connectivity index is 1.83. The van der Waals surface area contributed by atoms with E-state index in [9.17, 15) is 9.00 Å². The lowest BCUT2D eigenvalue weighted by molar-refractivity contribution is 0.0971. The molecule has 0 aliphatic carbocycles. The number of carbonyl (C=O) groups is 1. The predicted octanol–water partition coefficient (Wildman–Crippen LogP) is 3.05. The molecule has 6 nitrogen and oxygen atoms in total. The van der Waals surface area contributed by atoms with Crippen LogP contribution in [0.3, 0.4) is 0 Å². The largest absolute Gasteiger partial charge is 0.354 e. The number of benzene rings is 2. The van der Waals surface area contributed by atoms with Crippen LogP contribution in [0.1, 0.15) is 10.4 Å². The summed E-state index contributed by atoms with van der Waals surface area (Å²) in [6.45, 7) is 0.0313. The number of hydrogen-bond acceptors (Lipinski definition) is 4. The lowest BCUT2D eigenvalue weighted by Crippen LogP contribution is -2.13. The maximum Gasteiger partial charge on any atom is 0.221 e. The Kier molecular flexibility index (Phi) is 4.22. The molecule has 0 radical (unpaired) electrons. The molecule has 0 spiro atoms. The van der Waals surface area contributed by atoms with Gasteiger partial charge in [-0.1, -0.05) is 48.5 Å². The van der Waals surface area contributed by atoms with Crippen LogP contribution < -0.4 is 0 Å². The molecule has 1 atom stereocenters. The first-order valence-corrected chi connectivity index (χ1v) is 9.61. The van der Waals surface area contributed by atoms with Crippen molar-refractivity contribution in [3.8, 4) is 11.3 Å². The number of fused-ring (bicyclic) bond motifs is 1. The molecule has 0 bridgehead atoms. The molecule has 4 aromatic rings. The van der Waals surface area contributed by atoms with Crippen molar-refractivity contribution in [3.63, 3.8) is 0 Å². The smallest absolute Gasteiger partial charge is 0.221 e. The first-order chi connectivity index (χ1) is 12.6. The number of nitrogens with zero attached hydrogens (tertiary/aromatic N) is 3. The second-order valence-electron chi connectivity index (χ2n) is 5.91. The molecule has 0 saturated carbocycles. The molecule has 0 aliphatic rings. The molecule has 1 N–H and O–H groups in total. The molecule has 1 unspecified atom stereocenters. The van der Waals surface area contributed by atoms with Gasteiger partial charge in [-0.05, 0) is 11.6 Å². The number of carbonyl (C=O) groups excluding carboxylic acids is 1. The zero-order valence-electron chi connectivity index (χ0n) is 14.0. The average molecular weight is 364 g/mol. The Hall–Kier alpha value is -3.06. The lowest BCUT2D eigenvalue weighted by atomic mass is 10.0. The summed E-state index contributed by atoms with van der Waals surface area (Å²) in [6.07, 6.45) is 2.96. The highest BCUT2D eigenvalue weighted by molar-refractivity contribution is 7.84. The van der Waals surface area contributed by atoms with Crippen molar-refractivity contribution >= 4 is 27.5 Å². The summed E-state index contributed by atoms with van der Waals surface area (Å²) in [5.41, 5.74) is 3.24. The normalized spacial score (nSPS) is 12.3. The fourth-order valence-electron chi connectivity index (χ4n) is 3.06. The van der Waals surface area contributed by atoms with Crippen molar-refractivity contribution in [2.45, 2.75) is 11.7 Å². The topological polar surface area (TPSA) is 80.6 Å². The SMILES string of the molecule is CS(=O)c1nncn1CC(=O)c1c(-c2ccccc2)[nH]c2ccccc12. The fourth-order valence-corrected chi connectivity index (χ4v) is 3.67. The minimum Gasteiger partial charge on any atom is -0.354 e. The lowest BCUT2D eigenvalue weighted by Gasteiger charge is -2.07. The van der Waals surface area contributed by atoms with E-state index in [1.54, 1.807) is 0 Å². The number of ketones is 1. The third-order valence-electron chi connectivity index (χ3n) is 4.20. The number of rotatable bonds is 5. The Morgan fingerprint density at radius 2 is 1.85 bits per heavy atom. The number of aromatic nitrogens is 4. The number of hydrogen-bond donors (Lipinski definition) is 1. The standard InChI is InChI=1S/C19H16N4O2S/c1-26(25)19-22-20-12-23(19)11-16(24)17-14-9-5-6-10-15(14)21-18(17)13-7-3-2-4-8-13/h2-10,12,21H,11H2,1H3. The monoisotopic (exact) mass is 364 g/mol. The first kappa shape index (κ1) is 16.4. The number of para-hydroxylation sites is 1. The van der Waals surface area contributed by atoms with Crippen molar-refractivity contribution in [2.24, 2.45) is 0 Å². The second-order valence-corrected chi connectivity index (χ2v) is 7.18. The molecule has 2 aromatic carbocycles. The Morgan fingerprint density at radius 1 is 1.12 bits per heavy atom. The van der Waals surface area contributed by atoms with Gasteiger partial charge in [0.25, 0.3) is 0 Å². The van der Waals surface area contributed by atoms with Crippen molar-refractivity contribution in [3.05, 3.63) is 66.5 Å². The molecule has 130 valence electrons. The summed E-state index contributed by atoms with van der Waals surface area (Å²) in [7, 11) is -1.31. The van der Waals surface area contributed by atoms with Crippen LogP contribution in [0.25, 0.3) is 22.2 Å². The minimum atomic E-state index is -1.31. The summed E-state index contributed by atoms with van der Waals surface area (Å²) < 4.78 is 13.3. The van der Waals surface area contributed by atoms with E-state index in [2.05, 4.69) is 15.2 Å². The summed E-state index contributed by atoms with van der Waals surface area (Å²) in [4.78, 5) is 16.5. The molecule has 0 fully saturated rings. The average Bonchev–Trinajstić information content (AvgIpc) is 3.26. The Morgan fingerprint density at radius 3 is 2.62 bits per heavy atom. The van der Waals surface area contributed by atoms with Gasteiger partial charge in [-0.15, -0.1) is 10.2 Å². The fraction of sp³-hybridized carbons (Fsp3) is 0.105. The maximum absolute atomic E-state index is 13.2. The zero-order chi connectivity index (χ0) is 18.1. The third-order valence-corrected chi connectivity index (χ3v) is 5.03. The van der Waals surface area contributed by atoms with E-state index in [0.717, 1.165) is 22.2 Å². The third kappa shape index (κ3) is 2.86. The highest BCUT2D eigenvalue weighted by Crippen LogP contribution is 2.31. The second kappa shape index (κ2) is 6.68. The van der Waals surface area contributed by atoms with Gasteiger partial charge in [-0.3, -0.25) is 13.6 Å². The zero-order valence-corrected chi connectivity index (χ0v) is 14.9. The number of aromatic amines is 1. The van der Waals surface area contributed by atoms with E-state index in [1.807, 2.05) is 54.6 Å². The molecule has 0 amide bonds. The maximum atomic E-state index is 13.2. The molecule has 0 saturated heterocycles. The number of H-pyrrole nitrogens is 1. The van der Waals surface area contributed by atoms with Crippen LogP contribution in [-0.2, 0) is 17.3 Å². The number of nitrogens with one attached hydrogen (secondary N) is 1. The molecule has 0 aliphatic heterocycles. The first-order valence-electron chi connectivity index (χ1n) is 8.05. The van der Waals surface area contributed by atoms with Crippen LogP contribution in [-0.4, -0.2) is 36.0 Å². The van der Waals surface area contributed by atoms with Gasteiger partial charge in [0.1, 0.15) is 6.33 Å². The van der Waals surface area contributed by atoms with E-state index in [-0.39, 0.29) is 12.3 Å². The summed E-state index contributed by atoms with van der Waals surface area (Å²) in [5, 5.41) is 8.78. The molecule has 7 heteroatoms. The quantitative estimate of drug-likeness (QED) is 0.552.